The minimum Gasteiger partial charge on any atom is -0.416 e. The van der Waals surface area contributed by atoms with E-state index in [-0.39, 0.29) is 11.1 Å². The quantitative estimate of drug-likeness (QED) is 0.256. The summed E-state index contributed by atoms with van der Waals surface area (Å²) in [7, 11) is -1.74. The highest BCUT2D eigenvalue weighted by atomic mass is 28.4. The molecule has 3 aromatic rings. The summed E-state index contributed by atoms with van der Waals surface area (Å²) >= 11 is 0. The van der Waals surface area contributed by atoms with Crippen molar-refractivity contribution in [2.75, 3.05) is 13.2 Å². The molecule has 0 aliphatic carbocycles. The Bertz CT molecular complexity index is 1080. The first kappa shape index (κ1) is 25.4. The van der Waals surface area contributed by atoms with Crippen molar-refractivity contribution in [1.82, 2.24) is 5.32 Å². The van der Waals surface area contributed by atoms with Crippen LogP contribution in [0.1, 0.15) is 58.2 Å². The molecular weight excluding hydrogens is 418 g/mol. The highest BCUT2D eigenvalue weighted by Crippen LogP contribution is 2.36. The van der Waals surface area contributed by atoms with Crippen LogP contribution in [0.4, 0.5) is 0 Å². The third-order valence-electron chi connectivity index (χ3n) is 7.21. The highest BCUT2D eigenvalue weighted by Gasteiger charge is 2.36. The molecule has 0 saturated carbocycles. The van der Waals surface area contributed by atoms with Gasteiger partial charge in [-0.1, -0.05) is 94.4 Å². The van der Waals surface area contributed by atoms with E-state index < -0.39 is 8.32 Å². The predicted octanol–water partition coefficient (Wildman–Crippen LogP) is 8.38. The molecule has 0 radical (unpaired) electrons. The zero-order chi connectivity index (χ0) is 24.1. The van der Waals surface area contributed by atoms with E-state index in [1.54, 1.807) is 0 Å². The number of benzene rings is 3. The maximum Gasteiger partial charge on any atom is 0.192 e. The Morgan fingerprint density at radius 3 is 2.18 bits per heavy atom. The van der Waals surface area contributed by atoms with Gasteiger partial charge in [0.1, 0.15) is 0 Å². The molecule has 2 nitrogen and oxygen atoms in total. The van der Waals surface area contributed by atoms with Crippen LogP contribution >= 0.6 is 0 Å². The van der Waals surface area contributed by atoms with Gasteiger partial charge in [-0.3, -0.25) is 0 Å². The van der Waals surface area contributed by atoms with Crippen LogP contribution in [-0.2, 0) is 4.43 Å². The van der Waals surface area contributed by atoms with Crippen molar-refractivity contribution in [3.63, 3.8) is 0 Å². The molecule has 0 heterocycles. The van der Waals surface area contributed by atoms with Gasteiger partial charge >= 0.3 is 0 Å². The third kappa shape index (κ3) is 6.23. The first-order valence-electron chi connectivity index (χ1n) is 12.2. The van der Waals surface area contributed by atoms with Crippen LogP contribution in [0.2, 0.25) is 18.1 Å². The van der Waals surface area contributed by atoms with Gasteiger partial charge < -0.3 is 9.74 Å². The molecule has 0 spiro atoms. The maximum atomic E-state index is 6.44. The molecule has 0 amide bonds. The zero-order valence-corrected chi connectivity index (χ0v) is 22.5. The van der Waals surface area contributed by atoms with E-state index in [0.717, 1.165) is 19.6 Å². The molecule has 0 aromatic heterocycles. The van der Waals surface area contributed by atoms with E-state index >= 15 is 0 Å². The first-order chi connectivity index (χ1) is 15.6. The lowest BCUT2D eigenvalue weighted by atomic mass is 9.89. The summed E-state index contributed by atoms with van der Waals surface area (Å²) in [6, 6.07) is 26.4. The molecule has 0 bridgehead atoms. The van der Waals surface area contributed by atoms with Gasteiger partial charge in [-0.2, -0.15) is 0 Å². The smallest absolute Gasteiger partial charge is 0.192 e. The zero-order valence-electron chi connectivity index (χ0n) is 21.5. The van der Waals surface area contributed by atoms with Crippen molar-refractivity contribution in [2.45, 2.75) is 65.2 Å². The monoisotopic (exact) mass is 459 g/mol. The Hall–Kier alpha value is -2.20. The molecule has 3 heteroatoms. The van der Waals surface area contributed by atoms with Crippen molar-refractivity contribution in [2.24, 2.45) is 0 Å². The average Bonchev–Trinajstić information content (AvgIpc) is 2.79. The summed E-state index contributed by atoms with van der Waals surface area (Å²) in [6.07, 6.45) is 0.996. The van der Waals surface area contributed by atoms with Crippen LogP contribution in [0, 0.1) is 0 Å². The Morgan fingerprint density at radius 2 is 1.55 bits per heavy atom. The second kappa shape index (κ2) is 10.8. The van der Waals surface area contributed by atoms with E-state index in [1.165, 1.54) is 33.0 Å². The van der Waals surface area contributed by atoms with Crippen molar-refractivity contribution >= 4 is 24.7 Å². The van der Waals surface area contributed by atoms with Gasteiger partial charge in [0.25, 0.3) is 0 Å². The minimum atomic E-state index is -1.74. The molecule has 3 aromatic carbocycles. The molecule has 0 aliphatic heterocycles. The minimum absolute atomic E-state index is 0.163. The molecule has 176 valence electrons. The fourth-order valence-electron chi connectivity index (χ4n) is 4.15. The van der Waals surface area contributed by atoms with Gasteiger partial charge in [0.05, 0.1) is 6.04 Å². The number of hydrogen-bond acceptors (Lipinski definition) is 2. The molecule has 1 N–H and O–H groups in total. The Morgan fingerprint density at radius 1 is 0.909 bits per heavy atom. The topological polar surface area (TPSA) is 21.3 Å². The van der Waals surface area contributed by atoms with Crippen LogP contribution in [0.5, 0.6) is 0 Å². The van der Waals surface area contributed by atoms with Crippen molar-refractivity contribution in [3.05, 3.63) is 89.5 Å². The van der Waals surface area contributed by atoms with E-state index in [1.807, 2.05) is 0 Å². The van der Waals surface area contributed by atoms with Crippen molar-refractivity contribution in [3.8, 4) is 0 Å². The molecule has 1 atom stereocenters. The van der Waals surface area contributed by atoms with Crippen LogP contribution in [0.15, 0.2) is 78.4 Å². The van der Waals surface area contributed by atoms with E-state index in [0.29, 0.717) is 0 Å². The standard InChI is InChI=1S/C30H41NOSi/c1-8-28(27-19-18-24-14-12-13-17-26(24)22-27)23(2)29(25-15-10-9-11-16-25)31-20-21-32-33(6,7)30(3,4)5/h9-19,22,29,31H,8,20-21H2,1-7H3/b28-23+/t29-/m1/s1. The molecule has 0 unspecified atom stereocenters. The molecule has 0 saturated heterocycles. The maximum absolute atomic E-state index is 6.44. The largest absolute Gasteiger partial charge is 0.416 e. The van der Waals surface area contributed by atoms with Gasteiger partial charge in [0, 0.05) is 13.2 Å². The summed E-state index contributed by atoms with van der Waals surface area (Å²) in [5.41, 5.74) is 5.40. The Labute approximate surface area is 202 Å². The SMILES string of the molecule is CC/C(=C(/C)[C@@H](NCCO[Si](C)(C)C(C)(C)C)c1ccccc1)c1ccc2ccccc2c1. The third-order valence-corrected chi connectivity index (χ3v) is 11.8. The number of fused-ring (bicyclic) bond motifs is 1. The summed E-state index contributed by atoms with van der Waals surface area (Å²) in [6.45, 7) is 17.6. The molecule has 33 heavy (non-hydrogen) atoms. The highest BCUT2D eigenvalue weighted by molar-refractivity contribution is 6.74. The second-order valence-electron chi connectivity index (χ2n) is 10.5. The van der Waals surface area contributed by atoms with Gasteiger partial charge in [0.15, 0.2) is 8.32 Å². The fourth-order valence-corrected chi connectivity index (χ4v) is 5.20. The number of rotatable bonds is 9. The molecular formula is C30H41NOSi. The van der Waals surface area contributed by atoms with E-state index in [4.69, 9.17) is 4.43 Å². The lowest BCUT2D eigenvalue weighted by Crippen LogP contribution is -2.42. The van der Waals surface area contributed by atoms with E-state index in [2.05, 4.69) is 126 Å². The summed E-state index contributed by atoms with van der Waals surface area (Å²) in [5.74, 6) is 0. The molecule has 3 rings (SSSR count). The van der Waals surface area contributed by atoms with Gasteiger partial charge in [-0.15, -0.1) is 0 Å². The molecule has 0 aliphatic rings. The summed E-state index contributed by atoms with van der Waals surface area (Å²) in [4.78, 5) is 0. The Kier molecular flexibility index (Phi) is 8.33. The number of allylic oxidation sites excluding steroid dienone is 1. The Balaban J connectivity index is 1.87. The lowest BCUT2D eigenvalue weighted by Gasteiger charge is -2.36. The van der Waals surface area contributed by atoms with Crippen LogP contribution in [-0.4, -0.2) is 21.5 Å². The van der Waals surface area contributed by atoms with Gasteiger partial charge in [-0.25, -0.2) is 0 Å². The second-order valence-corrected chi connectivity index (χ2v) is 15.3. The van der Waals surface area contributed by atoms with Crippen LogP contribution < -0.4 is 5.32 Å². The van der Waals surface area contributed by atoms with Gasteiger partial charge in [0.2, 0.25) is 0 Å². The van der Waals surface area contributed by atoms with E-state index in [9.17, 15) is 0 Å². The average molecular weight is 460 g/mol. The van der Waals surface area contributed by atoms with Crippen molar-refractivity contribution in [1.29, 1.82) is 0 Å². The van der Waals surface area contributed by atoms with Crippen LogP contribution in [0.25, 0.3) is 16.3 Å². The fraction of sp³-hybridized carbons (Fsp3) is 0.400. The lowest BCUT2D eigenvalue weighted by molar-refractivity contribution is 0.282. The van der Waals surface area contributed by atoms with Gasteiger partial charge in [-0.05, 0) is 70.6 Å². The summed E-state index contributed by atoms with van der Waals surface area (Å²) in [5, 5.41) is 6.63. The first-order valence-corrected chi connectivity index (χ1v) is 15.2. The summed E-state index contributed by atoms with van der Waals surface area (Å²) < 4.78 is 6.44. The van der Waals surface area contributed by atoms with Crippen LogP contribution in [0.3, 0.4) is 0 Å². The number of hydrogen-bond donors (Lipinski definition) is 1. The number of nitrogens with one attached hydrogen (secondary N) is 1. The van der Waals surface area contributed by atoms with Crippen molar-refractivity contribution < 1.29 is 4.43 Å². The predicted molar refractivity (Wildman–Crippen MR) is 147 cm³/mol. The normalized spacial score (nSPS) is 14.3. The molecule has 0 fully saturated rings.